The molecule has 124 valence electrons. The molecule has 24 heavy (non-hydrogen) atoms. The molecule has 0 radical (unpaired) electrons. The van der Waals surface area contributed by atoms with Crippen LogP contribution in [0.3, 0.4) is 0 Å². The number of hydrogen-bond donors (Lipinski definition) is 1. The summed E-state index contributed by atoms with van der Waals surface area (Å²) in [6, 6.07) is 14.7. The second kappa shape index (κ2) is 6.83. The van der Waals surface area contributed by atoms with Crippen LogP contribution in [0.4, 0.5) is 0 Å². The lowest BCUT2D eigenvalue weighted by Crippen LogP contribution is -2.20. The maximum atomic E-state index is 10.2. The van der Waals surface area contributed by atoms with Gasteiger partial charge in [0.25, 0.3) is 0 Å². The highest BCUT2D eigenvalue weighted by Gasteiger charge is 2.26. The molecule has 1 aromatic heterocycles. The Morgan fingerprint density at radius 3 is 2.88 bits per heavy atom. The van der Waals surface area contributed by atoms with Crippen LogP contribution in [0.15, 0.2) is 53.9 Å². The third-order valence-electron chi connectivity index (χ3n) is 4.05. The van der Waals surface area contributed by atoms with Crippen LogP contribution >= 0.6 is 11.8 Å². The van der Waals surface area contributed by atoms with Gasteiger partial charge in [-0.2, -0.15) is 0 Å². The molecule has 2 aromatic carbocycles. The van der Waals surface area contributed by atoms with Gasteiger partial charge in [-0.25, -0.2) is 0 Å². The van der Waals surface area contributed by atoms with Gasteiger partial charge in [-0.15, -0.1) is 10.2 Å². The van der Waals surface area contributed by atoms with Gasteiger partial charge in [0.05, 0.1) is 6.10 Å². The molecule has 1 unspecified atom stereocenters. The van der Waals surface area contributed by atoms with E-state index in [9.17, 15) is 5.11 Å². The van der Waals surface area contributed by atoms with Crippen molar-refractivity contribution in [2.24, 2.45) is 0 Å². The summed E-state index contributed by atoms with van der Waals surface area (Å²) < 4.78 is 7.83. The van der Waals surface area contributed by atoms with Crippen LogP contribution in [0.2, 0.25) is 0 Å². The van der Waals surface area contributed by atoms with Crippen LogP contribution in [-0.2, 0) is 0 Å². The predicted octanol–water partition coefficient (Wildman–Crippen LogP) is 3.30. The molecule has 0 amide bonds. The summed E-state index contributed by atoms with van der Waals surface area (Å²) in [7, 11) is 0. The number of benzene rings is 2. The van der Waals surface area contributed by atoms with E-state index in [1.165, 1.54) is 30.0 Å². The predicted molar refractivity (Wildman–Crippen MR) is 94.5 cm³/mol. The van der Waals surface area contributed by atoms with E-state index in [4.69, 9.17) is 4.74 Å². The van der Waals surface area contributed by atoms with Gasteiger partial charge in [0.2, 0.25) is 0 Å². The number of aliphatic hydroxyl groups is 1. The summed E-state index contributed by atoms with van der Waals surface area (Å²) in [5.74, 6) is 1.32. The van der Waals surface area contributed by atoms with Gasteiger partial charge in [-0.3, -0.25) is 0 Å². The molecule has 1 N–H and O–H groups in total. The van der Waals surface area contributed by atoms with Gasteiger partial charge in [0.15, 0.2) is 5.16 Å². The van der Waals surface area contributed by atoms with Crippen molar-refractivity contribution in [3.05, 3.63) is 48.8 Å². The van der Waals surface area contributed by atoms with Crippen molar-refractivity contribution < 1.29 is 9.84 Å². The molecular formula is C18H19N3O2S. The Morgan fingerprint density at radius 2 is 2.04 bits per heavy atom. The Balaban J connectivity index is 1.30. The van der Waals surface area contributed by atoms with Crippen molar-refractivity contribution in [2.75, 3.05) is 12.4 Å². The van der Waals surface area contributed by atoms with Crippen molar-refractivity contribution >= 4 is 22.5 Å². The van der Waals surface area contributed by atoms with E-state index in [0.29, 0.717) is 11.8 Å². The van der Waals surface area contributed by atoms with Crippen molar-refractivity contribution in [1.82, 2.24) is 14.8 Å². The van der Waals surface area contributed by atoms with E-state index in [2.05, 4.69) is 26.9 Å². The summed E-state index contributed by atoms with van der Waals surface area (Å²) in [6.07, 6.45) is 3.61. The van der Waals surface area contributed by atoms with Crippen molar-refractivity contribution in [3.63, 3.8) is 0 Å². The Bertz CT molecular complexity index is 832. The third kappa shape index (κ3) is 3.55. The number of nitrogens with zero attached hydrogens (tertiary/aromatic N) is 3. The van der Waals surface area contributed by atoms with Crippen LogP contribution in [0.25, 0.3) is 10.8 Å². The summed E-state index contributed by atoms with van der Waals surface area (Å²) >= 11 is 1.53. The molecule has 3 aromatic rings. The normalized spacial score (nSPS) is 15.5. The highest BCUT2D eigenvalue weighted by atomic mass is 32.2. The molecule has 1 saturated carbocycles. The molecule has 1 heterocycles. The zero-order valence-corrected chi connectivity index (χ0v) is 14.0. The lowest BCUT2D eigenvalue weighted by atomic mass is 10.1. The first-order chi connectivity index (χ1) is 11.8. The minimum absolute atomic E-state index is 0.267. The number of rotatable bonds is 7. The molecular weight excluding hydrogens is 322 g/mol. The molecule has 0 saturated heterocycles. The highest BCUT2D eigenvalue weighted by Crippen LogP contribution is 2.37. The molecule has 0 bridgehead atoms. The van der Waals surface area contributed by atoms with E-state index < -0.39 is 6.10 Å². The first-order valence-electron chi connectivity index (χ1n) is 8.11. The van der Waals surface area contributed by atoms with Crippen LogP contribution < -0.4 is 4.74 Å². The molecule has 1 atom stereocenters. The molecule has 5 nitrogen and oxygen atoms in total. The largest absolute Gasteiger partial charge is 0.491 e. The van der Waals surface area contributed by atoms with Gasteiger partial charge in [-0.05, 0) is 35.7 Å². The number of aromatic nitrogens is 3. The summed E-state index contributed by atoms with van der Waals surface area (Å²) in [6.45, 7) is 0.267. The van der Waals surface area contributed by atoms with E-state index in [1.807, 2.05) is 30.3 Å². The highest BCUT2D eigenvalue weighted by molar-refractivity contribution is 7.99. The van der Waals surface area contributed by atoms with Crippen LogP contribution in [0.5, 0.6) is 5.75 Å². The van der Waals surface area contributed by atoms with Gasteiger partial charge < -0.3 is 14.4 Å². The maximum absolute atomic E-state index is 10.2. The Hall–Kier alpha value is -2.05. The maximum Gasteiger partial charge on any atom is 0.191 e. The first-order valence-corrected chi connectivity index (χ1v) is 9.10. The molecule has 0 spiro atoms. The van der Waals surface area contributed by atoms with E-state index >= 15 is 0 Å². The fourth-order valence-corrected chi connectivity index (χ4v) is 3.49. The summed E-state index contributed by atoms with van der Waals surface area (Å²) in [5.41, 5.74) is 0. The molecule has 0 aliphatic heterocycles. The average Bonchev–Trinajstić information content (AvgIpc) is 3.36. The number of thioether (sulfide) groups is 1. The van der Waals surface area contributed by atoms with Crippen molar-refractivity contribution in [1.29, 1.82) is 0 Å². The van der Waals surface area contributed by atoms with Gasteiger partial charge in [0.1, 0.15) is 18.7 Å². The second-order valence-corrected chi connectivity index (χ2v) is 7.02. The SMILES string of the molecule is OC(COc1ccc2ccccc2c1)CSc1nncn1C1CC1. The first kappa shape index (κ1) is 15.5. The smallest absolute Gasteiger partial charge is 0.191 e. The van der Waals surface area contributed by atoms with E-state index in [0.717, 1.165) is 16.3 Å². The fraction of sp³-hybridized carbons (Fsp3) is 0.333. The minimum Gasteiger partial charge on any atom is -0.491 e. The quantitative estimate of drug-likeness (QED) is 0.668. The molecule has 6 heteroatoms. The third-order valence-corrected chi connectivity index (χ3v) is 5.15. The zero-order chi connectivity index (χ0) is 16.4. The van der Waals surface area contributed by atoms with Crippen molar-refractivity contribution in [2.45, 2.75) is 30.1 Å². The van der Waals surface area contributed by atoms with Gasteiger partial charge >= 0.3 is 0 Å². The molecule has 1 aliphatic carbocycles. The van der Waals surface area contributed by atoms with Gasteiger partial charge in [-0.1, -0.05) is 42.1 Å². The van der Waals surface area contributed by atoms with E-state index in [1.54, 1.807) is 6.33 Å². The number of ether oxygens (including phenoxy) is 1. The van der Waals surface area contributed by atoms with Crippen LogP contribution in [0.1, 0.15) is 18.9 Å². The molecule has 4 rings (SSSR count). The lowest BCUT2D eigenvalue weighted by Gasteiger charge is -2.12. The molecule has 1 aliphatic rings. The fourth-order valence-electron chi connectivity index (χ4n) is 2.61. The standard InChI is InChI=1S/C18H19N3O2S/c22-16(11-24-18-20-19-12-21(18)15-6-7-15)10-23-17-8-5-13-3-1-2-4-14(13)9-17/h1-5,8-9,12,15-16,22H,6-7,10-11H2. The van der Waals surface area contributed by atoms with Crippen molar-refractivity contribution in [3.8, 4) is 5.75 Å². The topological polar surface area (TPSA) is 60.2 Å². The Labute approximate surface area is 144 Å². The summed E-state index contributed by atoms with van der Waals surface area (Å²) in [4.78, 5) is 0. The second-order valence-electron chi connectivity index (χ2n) is 6.04. The number of hydrogen-bond acceptors (Lipinski definition) is 5. The Morgan fingerprint density at radius 1 is 1.21 bits per heavy atom. The average molecular weight is 341 g/mol. The monoisotopic (exact) mass is 341 g/mol. The number of aliphatic hydroxyl groups excluding tert-OH is 1. The Kier molecular flexibility index (Phi) is 4.40. The summed E-state index contributed by atoms with van der Waals surface area (Å²) in [5, 5.41) is 21.4. The van der Waals surface area contributed by atoms with Crippen LogP contribution in [-0.4, -0.2) is 38.3 Å². The van der Waals surface area contributed by atoms with E-state index in [-0.39, 0.29) is 6.61 Å². The van der Waals surface area contributed by atoms with Crippen LogP contribution in [0, 0.1) is 0 Å². The molecule has 1 fully saturated rings. The van der Waals surface area contributed by atoms with Gasteiger partial charge in [0, 0.05) is 11.8 Å². The minimum atomic E-state index is -0.550. The lowest BCUT2D eigenvalue weighted by molar-refractivity contribution is 0.126. The number of fused-ring (bicyclic) bond motifs is 1. The zero-order valence-electron chi connectivity index (χ0n) is 13.2.